The fraction of sp³-hybridized carbons (Fsp3) is 0.111. The van der Waals surface area contributed by atoms with Gasteiger partial charge in [-0.2, -0.15) is 0 Å². The highest BCUT2D eigenvalue weighted by molar-refractivity contribution is 5.95. The quantitative estimate of drug-likeness (QED) is 0.446. The van der Waals surface area contributed by atoms with Gasteiger partial charge in [0.05, 0.1) is 18.6 Å². The molecule has 6 rings (SSSR count). The molecule has 4 aromatic carbocycles. The Balaban J connectivity index is 1.83. The third-order valence-electron chi connectivity index (χ3n) is 6.58. The molecule has 0 bridgehead atoms. The Morgan fingerprint density at radius 2 is 0.897 bits per heavy atom. The molecule has 2 nitrogen and oxygen atoms in total. The topological polar surface area (TPSA) is 40.5 Å². The van der Waals surface area contributed by atoms with E-state index in [-0.39, 0.29) is 13.2 Å². The maximum absolute atomic E-state index is 9.86. The van der Waals surface area contributed by atoms with Gasteiger partial charge in [-0.05, 0) is 55.6 Å². The van der Waals surface area contributed by atoms with E-state index in [0.29, 0.717) is 0 Å². The molecule has 0 saturated heterocycles. The van der Waals surface area contributed by atoms with E-state index in [1.807, 2.05) is 12.1 Å². The second kappa shape index (κ2) is 5.90. The smallest absolute Gasteiger partial charge is 0.0725 e. The van der Waals surface area contributed by atoms with Gasteiger partial charge in [-0.25, -0.2) is 0 Å². The summed E-state index contributed by atoms with van der Waals surface area (Å²) in [7, 11) is 0. The molecule has 0 heterocycles. The first kappa shape index (κ1) is 16.7. The number of fused-ring (bicyclic) bond motifs is 10. The summed E-state index contributed by atoms with van der Waals surface area (Å²) >= 11 is 0. The van der Waals surface area contributed by atoms with Crippen LogP contribution in [0.3, 0.4) is 0 Å². The standard InChI is InChI=1S/C27H20O2/c28-15-17-9-11-21-19-5-1-3-7-23(19)27(25(21)13-17)24-8-4-2-6-20(24)22-12-10-18(16-29)14-26(22)27/h1-14,28-29H,15-16H2. The van der Waals surface area contributed by atoms with E-state index in [9.17, 15) is 10.2 Å². The summed E-state index contributed by atoms with van der Waals surface area (Å²) in [5.41, 5.74) is 11.3. The molecule has 0 radical (unpaired) electrons. The second-order valence-corrected chi connectivity index (χ2v) is 7.92. The van der Waals surface area contributed by atoms with E-state index >= 15 is 0 Å². The summed E-state index contributed by atoms with van der Waals surface area (Å²) < 4.78 is 0. The predicted molar refractivity (Wildman–Crippen MR) is 115 cm³/mol. The largest absolute Gasteiger partial charge is 0.392 e. The van der Waals surface area contributed by atoms with Gasteiger partial charge < -0.3 is 10.2 Å². The highest BCUT2D eigenvalue weighted by Crippen LogP contribution is 2.62. The van der Waals surface area contributed by atoms with Gasteiger partial charge in [-0.15, -0.1) is 0 Å². The summed E-state index contributed by atoms with van der Waals surface area (Å²) in [5.74, 6) is 0. The molecule has 0 atom stereocenters. The van der Waals surface area contributed by atoms with Crippen molar-refractivity contribution in [3.8, 4) is 22.3 Å². The van der Waals surface area contributed by atoms with E-state index in [1.165, 1.54) is 44.5 Å². The first-order valence-electron chi connectivity index (χ1n) is 9.97. The lowest BCUT2D eigenvalue weighted by atomic mass is 9.70. The Kier molecular flexibility index (Phi) is 3.40. The summed E-state index contributed by atoms with van der Waals surface area (Å²) in [5, 5.41) is 19.7. The van der Waals surface area contributed by atoms with Crippen LogP contribution in [-0.2, 0) is 18.6 Å². The Bertz CT molecular complexity index is 1180. The average Bonchev–Trinajstić information content (AvgIpc) is 3.25. The van der Waals surface area contributed by atoms with Crippen LogP contribution in [0.5, 0.6) is 0 Å². The molecule has 0 fully saturated rings. The van der Waals surface area contributed by atoms with Crippen molar-refractivity contribution >= 4 is 0 Å². The summed E-state index contributed by atoms with van der Waals surface area (Å²) in [4.78, 5) is 0. The minimum Gasteiger partial charge on any atom is -0.392 e. The van der Waals surface area contributed by atoms with Gasteiger partial charge in [0.15, 0.2) is 0 Å². The SMILES string of the molecule is OCc1ccc2c(c1)C1(c3ccccc3-2)c2ccccc2-c2ccc(CO)cc21. The number of benzene rings is 4. The van der Waals surface area contributed by atoms with Crippen molar-refractivity contribution in [2.24, 2.45) is 0 Å². The predicted octanol–water partition coefficient (Wildman–Crippen LogP) is 5.01. The van der Waals surface area contributed by atoms with E-state index in [1.54, 1.807) is 0 Å². The normalized spacial score (nSPS) is 14.4. The highest BCUT2D eigenvalue weighted by atomic mass is 16.3. The van der Waals surface area contributed by atoms with Gasteiger partial charge in [0.25, 0.3) is 0 Å². The zero-order valence-electron chi connectivity index (χ0n) is 15.9. The molecular formula is C27H20O2. The molecule has 140 valence electrons. The number of aliphatic hydroxyl groups excluding tert-OH is 2. The van der Waals surface area contributed by atoms with Crippen LogP contribution in [-0.4, -0.2) is 10.2 Å². The Morgan fingerprint density at radius 3 is 1.34 bits per heavy atom. The van der Waals surface area contributed by atoms with Crippen LogP contribution in [0, 0.1) is 0 Å². The number of hydrogen-bond donors (Lipinski definition) is 2. The van der Waals surface area contributed by atoms with Crippen molar-refractivity contribution in [2.75, 3.05) is 0 Å². The first-order valence-corrected chi connectivity index (χ1v) is 9.97. The number of rotatable bonds is 2. The van der Waals surface area contributed by atoms with Crippen molar-refractivity contribution < 1.29 is 10.2 Å². The fourth-order valence-electron chi connectivity index (χ4n) is 5.43. The second-order valence-electron chi connectivity index (χ2n) is 7.92. The van der Waals surface area contributed by atoms with E-state index < -0.39 is 5.41 Å². The number of aliphatic hydroxyl groups is 2. The molecule has 2 heteroatoms. The lowest BCUT2D eigenvalue weighted by Gasteiger charge is -2.31. The molecule has 0 saturated carbocycles. The Morgan fingerprint density at radius 1 is 0.483 bits per heavy atom. The zero-order valence-corrected chi connectivity index (χ0v) is 15.9. The van der Waals surface area contributed by atoms with Crippen LogP contribution < -0.4 is 0 Å². The zero-order chi connectivity index (χ0) is 19.6. The van der Waals surface area contributed by atoms with Crippen molar-refractivity contribution in [3.05, 3.63) is 118 Å². The molecule has 4 aromatic rings. The lowest BCUT2D eigenvalue weighted by Crippen LogP contribution is -2.26. The van der Waals surface area contributed by atoms with Crippen molar-refractivity contribution in [1.82, 2.24) is 0 Å². The molecule has 0 amide bonds. The van der Waals surface area contributed by atoms with Crippen LogP contribution in [0.4, 0.5) is 0 Å². The molecular weight excluding hydrogens is 356 g/mol. The monoisotopic (exact) mass is 376 g/mol. The summed E-state index contributed by atoms with van der Waals surface area (Å²) in [6.45, 7) is 0.0375. The van der Waals surface area contributed by atoms with Crippen molar-refractivity contribution in [3.63, 3.8) is 0 Å². The molecule has 2 N–H and O–H groups in total. The van der Waals surface area contributed by atoms with Gasteiger partial charge >= 0.3 is 0 Å². The van der Waals surface area contributed by atoms with Crippen LogP contribution in [0.25, 0.3) is 22.3 Å². The molecule has 2 aliphatic carbocycles. The molecule has 1 spiro atoms. The maximum Gasteiger partial charge on any atom is 0.0725 e. The fourth-order valence-corrected chi connectivity index (χ4v) is 5.43. The third kappa shape index (κ3) is 1.97. The van der Waals surface area contributed by atoms with Crippen molar-refractivity contribution in [1.29, 1.82) is 0 Å². The highest BCUT2D eigenvalue weighted by Gasteiger charge is 2.51. The van der Waals surface area contributed by atoms with Crippen LogP contribution in [0.15, 0.2) is 84.9 Å². The third-order valence-corrected chi connectivity index (χ3v) is 6.58. The molecule has 0 unspecified atom stereocenters. The molecule has 0 aromatic heterocycles. The summed E-state index contributed by atoms with van der Waals surface area (Å²) in [6.07, 6.45) is 0. The maximum atomic E-state index is 9.86. The Labute approximate surface area is 169 Å². The molecule has 2 aliphatic rings. The van der Waals surface area contributed by atoms with E-state index in [0.717, 1.165) is 11.1 Å². The van der Waals surface area contributed by atoms with Gasteiger partial charge in [0.1, 0.15) is 0 Å². The lowest BCUT2D eigenvalue weighted by molar-refractivity contribution is 0.281. The minimum absolute atomic E-state index is 0.0187. The van der Waals surface area contributed by atoms with Crippen LogP contribution in [0.2, 0.25) is 0 Å². The molecule has 0 aliphatic heterocycles. The van der Waals surface area contributed by atoms with Gasteiger partial charge in [0.2, 0.25) is 0 Å². The van der Waals surface area contributed by atoms with Crippen molar-refractivity contribution in [2.45, 2.75) is 18.6 Å². The van der Waals surface area contributed by atoms with Gasteiger partial charge in [-0.3, -0.25) is 0 Å². The average molecular weight is 376 g/mol. The Hall–Kier alpha value is -3.20. The minimum atomic E-state index is -0.422. The summed E-state index contributed by atoms with van der Waals surface area (Å²) in [6, 6.07) is 29.9. The van der Waals surface area contributed by atoms with Gasteiger partial charge in [-0.1, -0.05) is 84.9 Å². The number of hydrogen-bond acceptors (Lipinski definition) is 2. The van der Waals surface area contributed by atoms with Crippen LogP contribution in [0.1, 0.15) is 33.4 Å². The van der Waals surface area contributed by atoms with Crippen LogP contribution >= 0.6 is 0 Å². The molecule has 29 heavy (non-hydrogen) atoms. The van der Waals surface area contributed by atoms with E-state index in [2.05, 4.69) is 72.8 Å². The van der Waals surface area contributed by atoms with E-state index in [4.69, 9.17) is 0 Å². The first-order chi connectivity index (χ1) is 14.3. The van der Waals surface area contributed by atoms with Gasteiger partial charge in [0, 0.05) is 0 Å².